The molecule has 0 bridgehead atoms. The van der Waals surface area contributed by atoms with E-state index in [1.807, 2.05) is 0 Å². The van der Waals surface area contributed by atoms with Crippen molar-refractivity contribution in [1.82, 2.24) is 19.6 Å². The number of halogens is 2. The number of hydrogen-bond acceptors (Lipinski definition) is 4. The van der Waals surface area contributed by atoms with E-state index in [1.165, 1.54) is 29.2 Å². The Morgan fingerprint density at radius 2 is 1.93 bits per heavy atom. The van der Waals surface area contributed by atoms with Gasteiger partial charge in [-0.05, 0) is 33.6 Å². The highest BCUT2D eigenvalue weighted by Gasteiger charge is 2.12. The van der Waals surface area contributed by atoms with Gasteiger partial charge in [-0.15, -0.1) is 0 Å². The van der Waals surface area contributed by atoms with Gasteiger partial charge in [0, 0.05) is 25.4 Å². The predicted molar refractivity (Wildman–Crippen MR) is 97.9 cm³/mol. The van der Waals surface area contributed by atoms with Gasteiger partial charge in [0.25, 0.3) is 0 Å². The highest BCUT2D eigenvalue weighted by atomic mass is 79.9. The zero-order valence-electron chi connectivity index (χ0n) is 14.0. The Morgan fingerprint density at radius 3 is 2.59 bits per heavy atom. The lowest BCUT2D eigenvalue weighted by Gasteiger charge is -2.04. The summed E-state index contributed by atoms with van der Waals surface area (Å²) in [6.45, 7) is 0.674. The Labute approximate surface area is 161 Å². The molecule has 140 valence electrons. The molecule has 1 aromatic carbocycles. The SMILES string of the molecule is O=C(CCn1cc(C(=O)O)cn1)Nc1nn(Cc2ccc(F)cc2)cc1Br. The number of nitrogens with zero attached hydrogens (tertiary/aromatic N) is 4. The van der Waals surface area contributed by atoms with Crippen LogP contribution in [0.4, 0.5) is 10.2 Å². The van der Waals surface area contributed by atoms with E-state index >= 15 is 0 Å². The number of rotatable bonds is 7. The summed E-state index contributed by atoms with van der Waals surface area (Å²) in [5, 5.41) is 19.7. The highest BCUT2D eigenvalue weighted by Crippen LogP contribution is 2.21. The first kappa shape index (κ1) is 18.8. The number of carboxylic acids is 1. The Balaban J connectivity index is 1.56. The van der Waals surface area contributed by atoms with Gasteiger partial charge in [-0.2, -0.15) is 10.2 Å². The quantitative estimate of drug-likeness (QED) is 0.593. The van der Waals surface area contributed by atoms with E-state index in [4.69, 9.17) is 5.11 Å². The number of carbonyl (C=O) groups is 2. The molecule has 2 N–H and O–H groups in total. The van der Waals surface area contributed by atoms with Crippen molar-refractivity contribution in [2.75, 3.05) is 5.32 Å². The number of hydrogen-bond donors (Lipinski definition) is 2. The van der Waals surface area contributed by atoms with Crippen molar-refractivity contribution in [2.24, 2.45) is 0 Å². The van der Waals surface area contributed by atoms with Gasteiger partial charge in [0.1, 0.15) is 5.82 Å². The van der Waals surface area contributed by atoms with E-state index in [2.05, 4.69) is 31.4 Å². The zero-order valence-corrected chi connectivity index (χ0v) is 15.6. The molecule has 0 saturated carbocycles. The molecule has 0 aliphatic heterocycles. The summed E-state index contributed by atoms with van der Waals surface area (Å²) < 4.78 is 16.6. The van der Waals surface area contributed by atoms with E-state index in [-0.39, 0.29) is 30.3 Å². The molecular formula is C17H15BrFN5O3. The van der Waals surface area contributed by atoms with Crippen LogP contribution in [0.15, 0.2) is 47.3 Å². The van der Waals surface area contributed by atoms with Crippen LogP contribution in [-0.4, -0.2) is 36.5 Å². The summed E-state index contributed by atoms with van der Waals surface area (Å²) in [4.78, 5) is 22.9. The summed E-state index contributed by atoms with van der Waals surface area (Å²) in [6, 6.07) is 6.08. The summed E-state index contributed by atoms with van der Waals surface area (Å²) in [5.41, 5.74) is 0.940. The normalized spacial score (nSPS) is 10.7. The first-order valence-corrected chi connectivity index (χ1v) is 8.73. The maximum absolute atomic E-state index is 13.0. The van der Waals surface area contributed by atoms with E-state index in [0.717, 1.165) is 5.56 Å². The summed E-state index contributed by atoms with van der Waals surface area (Å²) >= 11 is 3.35. The first-order chi connectivity index (χ1) is 12.9. The average Bonchev–Trinajstić information content (AvgIpc) is 3.22. The van der Waals surface area contributed by atoms with Crippen molar-refractivity contribution in [3.05, 3.63) is 64.3 Å². The van der Waals surface area contributed by atoms with Gasteiger partial charge < -0.3 is 10.4 Å². The zero-order chi connectivity index (χ0) is 19.4. The average molecular weight is 436 g/mol. The standard InChI is InChI=1S/C17H15BrFN5O3/c18-14-10-24(8-11-1-3-13(19)4-2-11)22-16(14)21-15(25)5-6-23-9-12(7-20-23)17(26)27/h1-4,7,9-10H,5-6,8H2,(H,26,27)(H,21,22,25). The van der Waals surface area contributed by atoms with Gasteiger partial charge in [0.2, 0.25) is 5.91 Å². The molecule has 2 aromatic heterocycles. The maximum Gasteiger partial charge on any atom is 0.338 e. The molecule has 0 fully saturated rings. The van der Waals surface area contributed by atoms with E-state index in [1.54, 1.807) is 23.0 Å². The number of carboxylic acid groups (broad SMARTS) is 1. The van der Waals surface area contributed by atoms with Crippen LogP contribution in [0.5, 0.6) is 0 Å². The Hall–Kier alpha value is -3.01. The second-order valence-electron chi connectivity index (χ2n) is 5.75. The van der Waals surface area contributed by atoms with Crippen molar-refractivity contribution in [2.45, 2.75) is 19.5 Å². The molecule has 1 amide bonds. The van der Waals surface area contributed by atoms with Crippen LogP contribution in [0.25, 0.3) is 0 Å². The molecule has 3 aromatic rings. The minimum atomic E-state index is -1.07. The van der Waals surface area contributed by atoms with Crippen LogP contribution in [0.3, 0.4) is 0 Å². The molecule has 0 spiro atoms. The minimum Gasteiger partial charge on any atom is -0.478 e. The number of nitrogens with one attached hydrogen (secondary N) is 1. The number of benzene rings is 1. The van der Waals surface area contributed by atoms with Crippen LogP contribution in [0.2, 0.25) is 0 Å². The van der Waals surface area contributed by atoms with Crippen LogP contribution in [-0.2, 0) is 17.9 Å². The Bertz CT molecular complexity index is 967. The van der Waals surface area contributed by atoms with Crippen molar-refractivity contribution in [3.63, 3.8) is 0 Å². The lowest BCUT2D eigenvalue weighted by atomic mass is 10.2. The van der Waals surface area contributed by atoms with E-state index < -0.39 is 5.97 Å². The molecule has 0 aliphatic rings. The third-order valence-electron chi connectivity index (χ3n) is 3.68. The molecule has 2 heterocycles. The van der Waals surface area contributed by atoms with E-state index in [9.17, 15) is 14.0 Å². The van der Waals surface area contributed by atoms with Crippen LogP contribution in [0, 0.1) is 5.82 Å². The number of anilines is 1. The predicted octanol–water partition coefficient (Wildman–Crippen LogP) is 2.76. The van der Waals surface area contributed by atoms with E-state index in [0.29, 0.717) is 16.8 Å². The largest absolute Gasteiger partial charge is 0.478 e. The van der Waals surface area contributed by atoms with Crippen molar-refractivity contribution in [1.29, 1.82) is 0 Å². The van der Waals surface area contributed by atoms with Crippen LogP contribution >= 0.6 is 15.9 Å². The molecule has 0 unspecified atom stereocenters. The lowest BCUT2D eigenvalue weighted by molar-refractivity contribution is -0.116. The molecule has 10 heteroatoms. The first-order valence-electron chi connectivity index (χ1n) is 7.93. The smallest absolute Gasteiger partial charge is 0.338 e. The third kappa shape index (κ3) is 5.00. The second kappa shape index (κ2) is 8.12. The molecule has 3 rings (SSSR count). The molecule has 0 aliphatic carbocycles. The molecular weight excluding hydrogens is 421 g/mol. The number of amides is 1. The third-order valence-corrected chi connectivity index (χ3v) is 4.26. The topological polar surface area (TPSA) is 102 Å². The fourth-order valence-corrected chi connectivity index (χ4v) is 2.76. The van der Waals surface area contributed by atoms with Gasteiger partial charge in [-0.25, -0.2) is 9.18 Å². The van der Waals surface area contributed by atoms with Crippen LogP contribution in [0.1, 0.15) is 22.3 Å². The molecule has 27 heavy (non-hydrogen) atoms. The molecule has 0 atom stereocenters. The van der Waals surface area contributed by atoms with Gasteiger partial charge in [-0.1, -0.05) is 12.1 Å². The van der Waals surface area contributed by atoms with Gasteiger partial charge >= 0.3 is 5.97 Å². The number of aryl methyl sites for hydroxylation is 1. The summed E-state index contributed by atoms with van der Waals surface area (Å²) in [6.07, 6.45) is 4.42. The maximum atomic E-state index is 13.0. The fraction of sp³-hybridized carbons (Fsp3) is 0.176. The highest BCUT2D eigenvalue weighted by molar-refractivity contribution is 9.10. The number of carbonyl (C=O) groups excluding carboxylic acids is 1. The van der Waals surface area contributed by atoms with Crippen LogP contribution < -0.4 is 5.32 Å². The van der Waals surface area contributed by atoms with Gasteiger partial charge in [0.05, 0.1) is 22.8 Å². The van der Waals surface area contributed by atoms with Crippen molar-refractivity contribution in [3.8, 4) is 0 Å². The Kier molecular flexibility index (Phi) is 5.65. The van der Waals surface area contributed by atoms with Crippen molar-refractivity contribution >= 4 is 33.6 Å². The van der Waals surface area contributed by atoms with Gasteiger partial charge in [-0.3, -0.25) is 14.2 Å². The minimum absolute atomic E-state index is 0.0673. The summed E-state index contributed by atoms with van der Waals surface area (Å²) in [7, 11) is 0. The summed E-state index contributed by atoms with van der Waals surface area (Å²) in [5.74, 6) is -1.29. The fourth-order valence-electron chi connectivity index (χ4n) is 2.35. The second-order valence-corrected chi connectivity index (χ2v) is 6.60. The number of aromatic nitrogens is 4. The molecule has 8 nitrogen and oxygen atoms in total. The lowest BCUT2D eigenvalue weighted by Crippen LogP contribution is -2.15. The number of aromatic carboxylic acids is 1. The molecule has 0 saturated heterocycles. The van der Waals surface area contributed by atoms with Gasteiger partial charge in [0.15, 0.2) is 5.82 Å². The van der Waals surface area contributed by atoms with Crippen molar-refractivity contribution < 1.29 is 19.1 Å². The monoisotopic (exact) mass is 435 g/mol. The molecule has 0 radical (unpaired) electrons. The Morgan fingerprint density at radius 1 is 1.19 bits per heavy atom.